The quantitative estimate of drug-likeness (QED) is 0.634. The average Bonchev–Trinajstić information content (AvgIpc) is 2.93. The average molecular weight is 429 g/mol. The van der Waals surface area contributed by atoms with Crippen molar-refractivity contribution in [2.24, 2.45) is 0 Å². The molecule has 3 rings (SSSR count). The summed E-state index contributed by atoms with van der Waals surface area (Å²) >= 11 is 9.62. The van der Waals surface area contributed by atoms with Crippen LogP contribution in [0.1, 0.15) is 17.9 Å². The molecule has 4 nitrogen and oxygen atoms in total. The fourth-order valence-corrected chi connectivity index (χ4v) is 3.99. The van der Waals surface area contributed by atoms with Crippen LogP contribution >= 0.6 is 27.5 Å². The molecule has 3 aromatic rings. The van der Waals surface area contributed by atoms with Crippen molar-refractivity contribution in [2.45, 2.75) is 12.2 Å². The van der Waals surface area contributed by atoms with E-state index in [0.717, 1.165) is 26.5 Å². The van der Waals surface area contributed by atoms with Crippen molar-refractivity contribution in [3.8, 4) is 11.1 Å². The van der Waals surface area contributed by atoms with Gasteiger partial charge in [-0.05, 0) is 40.5 Å². The van der Waals surface area contributed by atoms with Gasteiger partial charge in [0, 0.05) is 26.6 Å². The Morgan fingerprint density at radius 2 is 1.92 bits per heavy atom. The third kappa shape index (κ3) is 2.99. The number of aromatic amines is 1. The second-order valence-electron chi connectivity index (χ2n) is 5.53. The van der Waals surface area contributed by atoms with Gasteiger partial charge in [-0.1, -0.05) is 41.9 Å². The summed E-state index contributed by atoms with van der Waals surface area (Å²) in [5.41, 5.74) is 2.99. The van der Waals surface area contributed by atoms with Crippen LogP contribution in [0.15, 0.2) is 46.9 Å². The fourth-order valence-electron chi connectivity index (χ4n) is 2.72. The minimum Gasteiger partial charge on any atom is -0.380 e. The number of benzene rings is 2. The third-order valence-electron chi connectivity index (χ3n) is 4.06. The molecule has 0 aliphatic rings. The first-order chi connectivity index (χ1) is 11.3. The number of rotatable bonds is 4. The zero-order valence-electron chi connectivity index (χ0n) is 12.8. The van der Waals surface area contributed by atoms with Crippen molar-refractivity contribution in [3.63, 3.8) is 0 Å². The van der Waals surface area contributed by atoms with E-state index < -0.39 is 21.0 Å². The number of hydrogen-bond donors (Lipinski definition) is 2. The topological polar surface area (TPSA) is 70.2 Å². The van der Waals surface area contributed by atoms with Crippen LogP contribution in [0.4, 0.5) is 0 Å². The van der Waals surface area contributed by atoms with E-state index in [0.29, 0.717) is 10.7 Å². The van der Waals surface area contributed by atoms with Crippen molar-refractivity contribution in [2.75, 3.05) is 5.94 Å². The lowest BCUT2D eigenvalue weighted by molar-refractivity contribution is 0.356. The van der Waals surface area contributed by atoms with Crippen molar-refractivity contribution in [3.05, 3.63) is 57.7 Å². The number of sulfone groups is 1. The van der Waals surface area contributed by atoms with Gasteiger partial charge in [-0.15, -0.1) is 0 Å². The molecule has 0 saturated carbocycles. The first-order valence-electron chi connectivity index (χ1n) is 7.23. The monoisotopic (exact) mass is 427 g/mol. The molecule has 0 saturated heterocycles. The number of hydrogen-bond acceptors (Lipinski definition) is 3. The number of fused-ring (bicyclic) bond motifs is 1. The molecule has 0 bridgehead atoms. The molecule has 0 spiro atoms. The van der Waals surface area contributed by atoms with Gasteiger partial charge in [0.05, 0.1) is 5.02 Å². The first-order valence-corrected chi connectivity index (χ1v) is 10.1. The Morgan fingerprint density at radius 1 is 1.25 bits per heavy atom. The van der Waals surface area contributed by atoms with E-state index in [-0.39, 0.29) is 0 Å². The number of halogens is 2. The molecule has 0 aliphatic heterocycles. The van der Waals surface area contributed by atoms with E-state index in [9.17, 15) is 13.5 Å². The normalized spacial score (nSPS) is 13.3. The number of H-pyrrole nitrogens is 1. The van der Waals surface area contributed by atoms with Gasteiger partial charge in [-0.25, -0.2) is 8.42 Å². The van der Waals surface area contributed by atoms with Gasteiger partial charge in [-0.2, -0.15) is 0 Å². The van der Waals surface area contributed by atoms with Crippen LogP contribution in [0.25, 0.3) is 22.0 Å². The molecule has 24 heavy (non-hydrogen) atoms. The number of aliphatic hydroxyl groups is 1. The first kappa shape index (κ1) is 17.5. The summed E-state index contributed by atoms with van der Waals surface area (Å²) in [6, 6.07) is 13.1. The van der Waals surface area contributed by atoms with Crippen molar-refractivity contribution < 1.29 is 13.5 Å². The van der Waals surface area contributed by atoms with Crippen LogP contribution in [-0.4, -0.2) is 24.4 Å². The summed E-state index contributed by atoms with van der Waals surface area (Å²) in [7, 11) is -3.67. The molecule has 0 fully saturated rings. The fraction of sp³-hybridized carbons (Fsp3) is 0.176. The van der Waals surface area contributed by atoms with Crippen molar-refractivity contribution in [1.29, 1.82) is 0 Å². The van der Waals surface area contributed by atoms with E-state index in [2.05, 4.69) is 20.9 Å². The molecule has 1 unspecified atom stereocenters. The lowest BCUT2D eigenvalue weighted by Gasteiger charge is -2.12. The molecule has 0 radical (unpaired) electrons. The molecule has 7 heteroatoms. The third-order valence-corrected chi connectivity index (χ3v) is 6.93. The van der Waals surface area contributed by atoms with Crippen LogP contribution in [0.3, 0.4) is 0 Å². The van der Waals surface area contributed by atoms with Crippen molar-refractivity contribution >= 4 is 48.3 Å². The number of aromatic nitrogens is 1. The van der Waals surface area contributed by atoms with Gasteiger partial charge < -0.3 is 10.1 Å². The van der Waals surface area contributed by atoms with Crippen LogP contribution < -0.4 is 0 Å². The highest BCUT2D eigenvalue weighted by molar-refractivity contribution is 9.10. The Labute approximate surface area is 153 Å². The highest BCUT2D eigenvalue weighted by atomic mass is 79.9. The molecule has 2 aromatic carbocycles. The SMILES string of the molecule is CC(c1[nH]c2cc(Br)c(Cl)cc2c1-c1ccccc1)S(=O)(=O)CO. The summed E-state index contributed by atoms with van der Waals surface area (Å²) in [5.74, 6) is -0.901. The molecular formula is C17H15BrClNO3S. The molecule has 0 amide bonds. The Balaban J connectivity index is 2.37. The minimum absolute atomic E-state index is 0.541. The summed E-state index contributed by atoms with van der Waals surface area (Å²) in [4.78, 5) is 3.19. The summed E-state index contributed by atoms with van der Waals surface area (Å²) in [6.45, 7) is 1.57. The summed E-state index contributed by atoms with van der Waals surface area (Å²) in [5, 5.41) is 9.73. The van der Waals surface area contributed by atoms with Gasteiger partial charge in [0.25, 0.3) is 0 Å². The second kappa shape index (κ2) is 6.52. The predicted octanol–water partition coefficient (Wildman–Crippen LogP) is 4.68. The highest BCUT2D eigenvalue weighted by Gasteiger charge is 2.27. The lowest BCUT2D eigenvalue weighted by Crippen LogP contribution is -2.14. The van der Waals surface area contributed by atoms with E-state index in [1.807, 2.05) is 42.5 Å². The summed E-state index contributed by atoms with van der Waals surface area (Å²) in [6.07, 6.45) is 0. The highest BCUT2D eigenvalue weighted by Crippen LogP contribution is 2.40. The standard InChI is InChI=1S/C17H15BrClNO3S/c1-10(24(22,23)9-21)17-16(11-5-3-2-4-6-11)12-7-14(19)13(18)8-15(12)20-17/h2-8,10,20-21H,9H2,1H3. The minimum atomic E-state index is -3.67. The maximum Gasteiger partial charge on any atom is 0.182 e. The van der Waals surface area contributed by atoms with Gasteiger partial charge in [-0.3, -0.25) is 0 Å². The lowest BCUT2D eigenvalue weighted by atomic mass is 10.0. The Bertz CT molecular complexity index is 1000. The zero-order chi connectivity index (χ0) is 17.5. The zero-order valence-corrected chi connectivity index (χ0v) is 15.9. The van der Waals surface area contributed by atoms with E-state index in [1.54, 1.807) is 6.92 Å². The molecule has 126 valence electrons. The Morgan fingerprint density at radius 3 is 2.54 bits per heavy atom. The Hall–Kier alpha value is -1.34. The molecule has 1 heterocycles. The number of nitrogens with one attached hydrogen (secondary N) is 1. The van der Waals surface area contributed by atoms with Crippen LogP contribution in [0, 0.1) is 0 Å². The van der Waals surface area contributed by atoms with Gasteiger partial charge in [0.15, 0.2) is 9.84 Å². The predicted molar refractivity (Wildman–Crippen MR) is 101 cm³/mol. The number of aliphatic hydroxyl groups excluding tert-OH is 1. The van der Waals surface area contributed by atoms with Crippen LogP contribution in [0.2, 0.25) is 5.02 Å². The molecule has 2 N–H and O–H groups in total. The van der Waals surface area contributed by atoms with Crippen LogP contribution in [-0.2, 0) is 9.84 Å². The van der Waals surface area contributed by atoms with Gasteiger partial charge in [0.1, 0.15) is 11.2 Å². The Kier molecular flexibility index (Phi) is 4.75. The van der Waals surface area contributed by atoms with E-state index >= 15 is 0 Å². The largest absolute Gasteiger partial charge is 0.380 e. The molecule has 1 aromatic heterocycles. The second-order valence-corrected chi connectivity index (χ2v) is 9.08. The molecular weight excluding hydrogens is 414 g/mol. The molecule has 1 atom stereocenters. The van der Waals surface area contributed by atoms with Crippen LogP contribution in [0.5, 0.6) is 0 Å². The summed E-state index contributed by atoms with van der Waals surface area (Å²) < 4.78 is 25.1. The molecule has 0 aliphatic carbocycles. The van der Waals surface area contributed by atoms with Gasteiger partial charge >= 0.3 is 0 Å². The van der Waals surface area contributed by atoms with E-state index in [4.69, 9.17) is 11.6 Å². The van der Waals surface area contributed by atoms with Crippen molar-refractivity contribution in [1.82, 2.24) is 4.98 Å². The van der Waals surface area contributed by atoms with Gasteiger partial charge in [0.2, 0.25) is 0 Å². The maximum atomic E-state index is 12.2. The van der Waals surface area contributed by atoms with E-state index in [1.165, 1.54) is 0 Å². The maximum absolute atomic E-state index is 12.2. The smallest absolute Gasteiger partial charge is 0.182 e.